The Balaban J connectivity index is 2.03. The molecule has 1 amide bonds. The van der Waals surface area contributed by atoms with Crippen molar-refractivity contribution >= 4 is 5.91 Å². The van der Waals surface area contributed by atoms with Crippen molar-refractivity contribution in [1.29, 1.82) is 0 Å². The van der Waals surface area contributed by atoms with Gasteiger partial charge in [-0.2, -0.15) is 0 Å². The largest absolute Gasteiger partial charge is 0.385 e. The first-order valence-corrected chi connectivity index (χ1v) is 7.20. The van der Waals surface area contributed by atoms with Crippen molar-refractivity contribution < 1.29 is 14.3 Å². The summed E-state index contributed by atoms with van der Waals surface area (Å²) in [5.41, 5.74) is 0.757. The number of carbonyl (C=O) groups is 1. The lowest BCUT2D eigenvalue weighted by Gasteiger charge is -2.33. The van der Waals surface area contributed by atoms with Crippen molar-refractivity contribution in [2.45, 2.75) is 32.4 Å². The monoisotopic (exact) mass is 280 g/mol. The summed E-state index contributed by atoms with van der Waals surface area (Å²) < 4.78 is 12.8. The second-order valence-corrected chi connectivity index (χ2v) is 5.42. The van der Waals surface area contributed by atoms with E-state index in [0.29, 0.717) is 26.3 Å². The molecule has 1 atom stereocenters. The van der Waals surface area contributed by atoms with Crippen LogP contribution in [0.15, 0.2) is 18.3 Å². The van der Waals surface area contributed by atoms with Crippen LogP contribution in [-0.4, -0.2) is 54.9 Å². The Hall–Kier alpha value is -1.33. The lowest BCUT2D eigenvalue weighted by molar-refractivity contribution is -0.0335. The van der Waals surface area contributed by atoms with Crippen molar-refractivity contribution in [3.8, 4) is 0 Å². The molecule has 0 radical (unpaired) electrons. The lowest BCUT2D eigenvalue weighted by atomic mass is 10.2. The molecule has 0 bridgehead atoms. The average molecular weight is 280 g/mol. The first-order valence-electron chi connectivity index (χ1n) is 7.20. The Morgan fingerprint density at radius 2 is 2.35 bits per heavy atom. The molecule has 0 aromatic carbocycles. The third kappa shape index (κ3) is 3.41. The number of hydrogen-bond acceptors (Lipinski definition) is 3. The van der Waals surface area contributed by atoms with Gasteiger partial charge in [-0.3, -0.25) is 4.79 Å². The van der Waals surface area contributed by atoms with Gasteiger partial charge in [-0.1, -0.05) is 0 Å². The van der Waals surface area contributed by atoms with Gasteiger partial charge in [0.2, 0.25) is 0 Å². The quantitative estimate of drug-likeness (QED) is 0.828. The van der Waals surface area contributed by atoms with Crippen LogP contribution in [0.3, 0.4) is 0 Å². The number of morpholine rings is 1. The van der Waals surface area contributed by atoms with Gasteiger partial charge in [0, 0.05) is 39.0 Å². The number of nitrogens with zero attached hydrogens (tertiary/aromatic N) is 2. The predicted molar refractivity (Wildman–Crippen MR) is 77.0 cm³/mol. The molecule has 112 valence electrons. The minimum Gasteiger partial charge on any atom is -0.385 e. The third-order valence-electron chi connectivity index (χ3n) is 3.62. The Kier molecular flexibility index (Phi) is 5.20. The summed E-state index contributed by atoms with van der Waals surface area (Å²) in [6, 6.07) is 4.10. The number of rotatable bonds is 5. The highest BCUT2D eigenvalue weighted by Gasteiger charge is 2.26. The molecule has 0 aliphatic carbocycles. The minimum absolute atomic E-state index is 0.0788. The first kappa shape index (κ1) is 15.1. The highest BCUT2D eigenvalue weighted by molar-refractivity contribution is 5.93. The van der Waals surface area contributed by atoms with E-state index in [1.54, 1.807) is 7.11 Å². The van der Waals surface area contributed by atoms with Crippen LogP contribution in [0.25, 0.3) is 0 Å². The van der Waals surface area contributed by atoms with E-state index >= 15 is 0 Å². The van der Waals surface area contributed by atoms with Crippen molar-refractivity contribution in [2.24, 2.45) is 0 Å². The molecule has 1 aromatic rings. The van der Waals surface area contributed by atoms with Gasteiger partial charge in [-0.05, 0) is 32.4 Å². The van der Waals surface area contributed by atoms with Crippen molar-refractivity contribution in [3.63, 3.8) is 0 Å². The molecule has 0 saturated carbocycles. The zero-order valence-electron chi connectivity index (χ0n) is 12.5. The summed E-state index contributed by atoms with van der Waals surface area (Å²) in [6.45, 7) is 6.73. The maximum atomic E-state index is 12.6. The van der Waals surface area contributed by atoms with E-state index in [1.807, 2.05) is 27.8 Å². The maximum Gasteiger partial charge on any atom is 0.270 e. The average Bonchev–Trinajstić information content (AvgIpc) is 2.94. The van der Waals surface area contributed by atoms with Gasteiger partial charge < -0.3 is 18.9 Å². The van der Waals surface area contributed by atoms with Crippen LogP contribution < -0.4 is 0 Å². The van der Waals surface area contributed by atoms with E-state index in [2.05, 4.69) is 13.8 Å². The van der Waals surface area contributed by atoms with Crippen LogP contribution in [0.1, 0.15) is 36.8 Å². The van der Waals surface area contributed by atoms with Crippen molar-refractivity contribution in [2.75, 3.05) is 33.4 Å². The van der Waals surface area contributed by atoms with Gasteiger partial charge in [0.25, 0.3) is 5.91 Å². The smallest absolute Gasteiger partial charge is 0.270 e. The molecule has 1 fully saturated rings. The molecule has 2 rings (SSSR count). The highest BCUT2D eigenvalue weighted by Crippen LogP contribution is 2.16. The fourth-order valence-corrected chi connectivity index (χ4v) is 2.52. The molecule has 0 spiro atoms. The van der Waals surface area contributed by atoms with Crippen LogP contribution in [0, 0.1) is 0 Å². The van der Waals surface area contributed by atoms with Gasteiger partial charge in [0.1, 0.15) is 5.69 Å². The second kappa shape index (κ2) is 6.90. The number of hydrogen-bond donors (Lipinski definition) is 0. The number of carbonyl (C=O) groups excluding carboxylic acids is 1. The standard InChI is InChI=1S/C15H24N2O3/c1-12(2)17-7-4-5-14(17)15(18)16-8-10-20-13(11-16)6-9-19-3/h4-5,7,12-13H,6,8-11H2,1-3H3. The molecule has 5 heteroatoms. The SMILES string of the molecule is COCCC1CN(C(=O)c2cccn2C(C)C)CCO1. The molecule has 0 N–H and O–H groups in total. The lowest BCUT2D eigenvalue weighted by Crippen LogP contribution is -2.46. The molecule has 1 saturated heterocycles. The van der Waals surface area contributed by atoms with Crippen molar-refractivity contribution in [1.82, 2.24) is 9.47 Å². The Bertz CT molecular complexity index is 442. The van der Waals surface area contributed by atoms with Gasteiger partial charge in [0.15, 0.2) is 0 Å². The van der Waals surface area contributed by atoms with Crippen LogP contribution in [0.5, 0.6) is 0 Å². The molecule has 1 unspecified atom stereocenters. The van der Waals surface area contributed by atoms with Crippen LogP contribution in [-0.2, 0) is 9.47 Å². The van der Waals surface area contributed by atoms with Crippen LogP contribution in [0.2, 0.25) is 0 Å². The summed E-state index contributed by atoms with van der Waals surface area (Å²) in [7, 11) is 1.68. The van der Waals surface area contributed by atoms with Gasteiger partial charge in [-0.25, -0.2) is 0 Å². The first-order chi connectivity index (χ1) is 9.63. The summed E-state index contributed by atoms with van der Waals surface area (Å²) in [4.78, 5) is 14.5. The number of amides is 1. The van der Waals surface area contributed by atoms with E-state index in [-0.39, 0.29) is 18.1 Å². The summed E-state index contributed by atoms with van der Waals surface area (Å²) in [5.74, 6) is 0.0921. The van der Waals surface area contributed by atoms with E-state index < -0.39 is 0 Å². The molecule has 5 nitrogen and oxygen atoms in total. The Morgan fingerprint density at radius 1 is 1.55 bits per heavy atom. The van der Waals surface area contributed by atoms with Crippen LogP contribution in [0.4, 0.5) is 0 Å². The molecule has 20 heavy (non-hydrogen) atoms. The zero-order chi connectivity index (χ0) is 14.5. The molecular formula is C15H24N2O3. The van der Waals surface area contributed by atoms with E-state index in [1.165, 1.54) is 0 Å². The number of ether oxygens (including phenoxy) is 2. The third-order valence-corrected chi connectivity index (χ3v) is 3.62. The maximum absolute atomic E-state index is 12.6. The second-order valence-electron chi connectivity index (χ2n) is 5.42. The number of methoxy groups -OCH3 is 1. The molecule has 1 aliphatic rings. The molecule has 1 aromatic heterocycles. The highest BCUT2D eigenvalue weighted by atomic mass is 16.5. The number of aromatic nitrogens is 1. The zero-order valence-corrected chi connectivity index (χ0v) is 12.5. The van der Waals surface area contributed by atoms with Crippen molar-refractivity contribution in [3.05, 3.63) is 24.0 Å². The van der Waals surface area contributed by atoms with E-state index in [0.717, 1.165) is 12.1 Å². The minimum atomic E-state index is 0.0788. The molecular weight excluding hydrogens is 256 g/mol. The fourth-order valence-electron chi connectivity index (χ4n) is 2.52. The van der Waals surface area contributed by atoms with Gasteiger partial charge >= 0.3 is 0 Å². The van der Waals surface area contributed by atoms with Gasteiger partial charge in [-0.15, -0.1) is 0 Å². The normalized spacial score (nSPS) is 19.6. The van der Waals surface area contributed by atoms with E-state index in [4.69, 9.17) is 9.47 Å². The summed E-state index contributed by atoms with van der Waals surface area (Å²) in [6.07, 6.45) is 2.86. The van der Waals surface area contributed by atoms with Gasteiger partial charge in [0.05, 0.1) is 12.7 Å². The fraction of sp³-hybridized carbons (Fsp3) is 0.667. The molecule has 2 heterocycles. The topological polar surface area (TPSA) is 43.7 Å². The summed E-state index contributed by atoms with van der Waals surface area (Å²) in [5, 5.41) is 0. The summed E-state index contributed by atoms with van der Waals surface area (Å²) >= 11 is 0. The van der Waals surface area contributed by atoms with Crippen LogP contribution >= 0.6 is 0 Å². The Morgan fingerprint density at radius 3 is 3.05 bits per heavy atom. The predicted octanol–water partition coefficient (Wildman–Crippen LogP) is 1.95. The molecule has 1 aliphatic heterocycles. The Labute approximate surface area is 120 Å². The van der Waals surface area contributed by atoms with E-state index in [9.17, 15) is 4.79 Å².